The van der Waals surface area contributed by atoms with E-state index in [2.05, 4.69) is 15.2 Å². The molecule has 1 aromatic heterocycles. The van der Waals surface area contributed by atoms with Crippen LogP contribution in [0.5, 0.6) is 11.5 Å². The predicted octanol–water partition coefficient (Wildman–Crippen LogP) is 2.62. The molecule has 0 aliphatic carbocycles. The molecule has 1 atom stereocenters. The second-order valence-electron chi connectivity index (χ2n) is 6.72. The fourth-order valence-corrected chi connectivity index (χ4v) is 4.30. The Bertz CT molecular complexity index is 786. The summed E-state index contributed by atoms with van der Waals surface area (Å²) in [6, 6.07) is 5.72. The van der Waals surface area contributed by atoms with E-state index in [4.69, 9.17) is 9.47 Å². The van der Waals surface area contributed by atoms with E-state index in [9.17, 15) is 4.79 Å². The zero-order chi connectivity index (χ0) is 17.9. The normalized spacial score (nSPS) is 19.0. The van der Waals surface area contributed by atoms with E-state index >= 15 is 0 Å². The average Bonchev–Trinajstić information content (AvgIpc) is 3.36. The van der Waals surface area contributed by atoms with E-state index in [0.29, 0.717) is 19.6 Å². The Labute approximate surface area is 157 Å². The molecule has 0 unspecified atom stereocenters. The molecular formula is C19H23N3O3S. The van der Waals surface area contributed by atoms with Crippen molar-refractivity contribution in [3.05, 3.63) is 34.8 Å². The Morgan fingerprint density at radius 3 is 3.08 bits per heavy atom. The van der Waals surface area contributed by atoms with Gasteiger partial charge >= 0.3 is 0 Å². The summed E-state index contributed by atoms with van der Waals surface area (Å²) in [5.41, 5.74) is 1.93. The van der Waals surface area contributed by atoms with E-state index in [1.54, 1.807) is 18.4 Å². The summed E-state index contributed by atoms with van der Waals surface area (Å²) in [5.74, 6) is 1.44. The molecule has 1 fully saturated rings. The summed E-state index contributed by atoms with van der Waals surface area (Å²) in [4.78, 5) is 19.5. The number of carbonyl (C=O) groups excluding carboxylic acids is 1. The van der Waals surface area contributed by atoms with E-state index in [1.165, 1.54) is 12.8 Å². The summed E-state index contributed by atoms with van der Waals surface area (Å²) in [6.45, 7) is 3.04. The van der Waals surface area contributed by atoms with Crippen LogP contribution in [0.1, 0.15) is 24.1 Å². The van der Waals surface area contributed by atoms with Crippen molar-refractivity contribution in [1.29, 1.82) is 0 Å². The van der Waals surface area contributed by atoms with Crippen LogP contribution in [0, 0.1) is 5.92 Å². The van der Waals surface area contributed by atoms with Crippen LogP contribution >= 0.6 is 11.3 Å². The van der Waals surface area contributed by atoms with Crippen LogP contribution in [-0.2, 0) is 17.8 Å². The van der Waals surface area contributed by atoms with Gasteiger partial charge in [-0.1, -0.05) is 0 Å². The van der Waals surface area contributed by atoms with E-state index in [-0.39, 0.29) is 11.8 Å². The molecule has 0 spiro atoms. The van der Waals surface area contributed by atoms with Crippen LogP contribution in [0.15, 0.2) is 23.6 Å². The molecule has 6 nitrogen and oxygen atoms in total. The number of benzene rings is 1. The number of methoxy groups -OCH3 is 1. The van der Waals surface area contributed by atoms with Gasteiger partial charge in [0.1, 0.15) is 18.1 Å². The molecule has 2 aliphatic rings. The molecule has 7 heteroatoms. The molecule has 1 aromatic carbocycles. The monoisotopic (exact) mass is 373 g/mol. The van der Waals surface area contributed by atoms with Gasteiger partial charge in [-0.25, -0.2) is 4.98 Å². The third-order valence-electron chi connectivity index (χ3n) is 4.90. The largest absolute Gasteiger partial charge is 0.497 e. The van der Waals surface area contributed by atoms with Crippen LogP contribution < -0.4 is 19.7 Å². The number of hydrogen-bond acceptors (Lipinski definition) is 6. The van der Waals surface area contributed by atoms with Crippen molar-refractivity contribution in [1.82, 2.24) is 10.3 Å². The summed E-state index contributed by atoms with van der Waals surface area (Å²) >= 11 is 1.65. The lowest BCUT2D eigenvalue weighted by atomic mass is 9.96. The highest BCUT2D eigenvalue weighted by molar-refractivity contribution is 7.13. The third-order valence-corrected chi connectivity index (χ3v) is 5.85. The number of hydrogen-bond donors (Lipinski definition) is 1. The molecule has 138 valence electrons. The lowest BCUT2D eigenvalue weighted by molar-refractivity contribution is -0.126. The van der Waals surface area contributed by atoms with Gasteiger partial charge in [-0.15, -0.1) is 11.3 Å². The number of nitrogens with one attached hydrogen (secondary N) is 1. The summed E-state index contributed by atoms with van der Waals surface area (Å²) in [5, 5.41) is 6.10. The minimum absolute atomic E-state index is 0.00851. The molecule has 0 bridgehead atoms. The molecular weight excluding hydrogens is 350 g/mol. The zero-order valence-corrected chi connectivity index (χ0v) is 15.7. The van der Waals surface area contributed by atoms with Crippen molar-refractivity contribution in [2.45, 2.75) is 25.8 Å². The Morgan fingerprint density at radius 1 is 1.42 bits per heavy atom. The second kappa shape index (κ2) is 7.53. The molecule has 3 heterocycles. The minimum atomic E-state index is -0.189. The smallest absolute Gasteiger partial charge is 0.227 e. The van der Waals surface area contributed by atoms with Crippen LogP contribution in [0.25, 0.3) is 0 Å². The van der Waals surface area contributed by atoms with Crippen molar-refractivity contribution in [3.63, 3.8) is 0 Å². The minimum Gasteiger partial charge on any atom is -0.497 e. The molecule has 0 radical (unpaired) electrons. The second-order valence-corrected chi connectivity index (χ2v) is 7.56. The highest BCUT2D eigenvalue weighted by Gasteiger charge is 2.26. The predicted molar refractivity (Wildman–Crippen MR) is 101 cm³/mol. The molecule has 2 aromatic rings. The average molecular weight is 373 g/mol. The van der Waals surface area contributed by atoms with Crippen LogP contribution in [0.3, 0.4) is 0 Å². The fraction of sp³-hybridized carbons (Fsp3) is 0.474. The molecule has 4 rings (SSSR count). The highest BCUT2D eigenvalue weighted by Crippen LogP contribution is 2.31. The number of amides is 1. The standard InChI is InChI=1S/C19H23N3O3S/c1-24-16-4-5-17-13(9-16)8-14(11-25-17)18(23)20-10-15-12-26-19(21-15)22-6-2-3-7-22/h4-5,9,12,14H,2-3,6-8,10-11H2,1H3,(H,20,23)/t14-/m0/s1. The van der Waals surface area contributed by atoms with E-state index in [0.717, 1.165) is 41.0 Å². The Balaban J connectivity index is 1.33. The maximum atomic E-state index is 12.5. The number of ether oxygens (including phenoxy) is 2. The first kappa shape index (κ1) is 17.1. The van der Waals surface area contributed by atoms with Gasteiger partial charge in [-0.2, -0.15) is 0 Å². The maximum absolute atomic E-state index is 12.5. The van der Waals surface area contributed by atoms with Gasteiger partial charge in [0.25, 0.3) is 0 Å². The first-order valence-electron chi connectivity index (χ1n) is 8.99. The van der Waals surface area contributed by atoms with Gasteiger partial charge in [-0.3, -0.25) is 4.79 Å². The van der Waals surface area contributed by atoms with Crippen molar-refractivity contribution < 1.29 is 14.3 Å². The summed E-state index contributed by atoms with van der Waals surface area (Å²) in [6.07, 6.45) is 3.13. The molecule has 1 amide bonds. The van der Waals surface area contributed by atoms with Crippen molar-refractivity contribution in [3.8, 4) is 11.5 Å². The number of rotatable bonds is 5. The third kappa shape index (κ3) is 3.62. The highest BCUT2D eigenvalue weighted by atomic mass is 32.1. The lowest BCUT2D eigenvalue weighted by Gasteiger charge is -2.24. The van der Waals surface area contributed by atoms with Gasteiger partial charge < -0.3 is 19.7 Å². The molecule has 1 N–H and O–H groups in total. The van der Waals surface area contributed by atoms with Gasteiger partial charge in [0.05, 0.1) is 25.3 Å². The first-order chi connectivity index (χ1) is 12.7. The number of fused-ring (bicyclic) bond motifs is 1. The van der Waals surface area contributed by atoms with Crippen LogP contribution in [0.4, 0.5) is 5.13 Å². The number of carbonyl (C=O) groups is 1. The van der Waals surface area contributed by atoms with Crippen molar-refractivity contribution >= 4 is 22.4 Å². The number of nitrogens with zero attached hydrogens (tertiary/aromatic N) is 2. The Morgan fingerprint density at radius 2 is 2.27 bits per heavy atom. The molecule has 0 saturated carbocycles. The van der Waals surface area contributed by atoms with Gasteiger partial charge in [-0.05, 0) is 43.0 Å². The van der Waals surface area contributed by atoms with Crippen LogP contribution in [-0.4, -0.2) is 37.7 Å². The van der Waals surface area contributed by atoms with Crippen molar-refractivity contribution in [2.75, 3.05) is 31.7 Å². The maximum Gasteiger partial charge on any atom is 0.227 e. The molecule has 1 saturated heterocycles. The Hall–Kier alpha value is -2.28. The lowest BCUT2D eigenvalue weighted by Crippen LogP contribution is -2.37. The van der Waals surface area contributed by atoms with Gasteiger partial charge in [0.2, 0.25) is 5.91 Å². The van der Waals surface area contributed by atoms with E-state index in [1.807, 2.05) is 23.6 Å². The number of thiazole rings is 1. The molecule has 2 aliphatic heterocycles. The summed E-state index contributed by atoms with van der Waals surface area (Å²) < 4.78 is 11.0. The van der Waals surface area contributed by atoms with Gasteiger partial charge in [0.15, 0.2) is 5.13 Å². The summed E-state index contributed by atoms with van der Waals surface area (Å²) in [7, 11) is 1.64. The Kier molecular flexibility index (Phi) is 4.97. The first-order valence-corrected chi connectivity index (χ1v) is 9.87. The van der Waals surface area contributed by atoms with Crippen molar-refractivity contribution in [2.24, 2.45) is 5.92 Å². The van der Waals surface area contributed by atoms with Gasteiger partial charge in [0, 0.05) is 18.5 Å². The van der Waals surface area contributed by atoms with Crippen LogP contribution in [0.2, 0.25) is 0 Å². The van der Waals surface area contributed by atoms with E-state index < -0.39 is 0 Å². The molecule has 26 heavy (non-hydrogen) atoms. The quantitative estimate of drug-likeness (QED) is 0.873. The SMILES string of the molecule is COc1ccc2c(c1)C[C@H](C(=O)NCc1csc(N3CCCC3)n1)CO2. The number of anilines is 1. The number of aromatic nitrogens is 1. The fourth-order valence-electron chi connectivity index (χ4n) is 3.42. The topological polar surface area (TPSA) is 63.7 Å². The zero-order valence-electron chi connectivity index (χ0n) is 14.9.